The maximum Gasteiger partial charge on any atom is 0.351 e. The lowest BCUT2D eigenvalue weighted by Gasteiger charge is -2.24. The van der Waals surface area contributed by atoms with Crippen LogP contribution in [0.1, 0.15) is 17.3 Å². The molecule has 150 valence electrons. The second kappa shape index (κ2) is 7.70. The van der Waals surface area contributed by atoms with E-state index in [0.29, 0.717) is 23.0 Å². The molecule has 0 bridgehead atoms. The number of esters is 1. The number of rotatable bonds is 5. The summed E-state index contributed by atoms with van der Waals surface area (Å²) in [7, 11) is 0. The van der Waals surface area contributed by atoms with Gasteiger partial charge in [-0.3, -0.25) is 9.59 Å². The highest BCUT2D eigenvalue weighted by atomic mass is 16.7. The number of ether oxygens (including phenoxy) is 5. The summed E-state index contributed by atoms with van der Waals surface area (Å²) in [5, 5.41) is 2.55. The Labute approximate surface area is 165 Å². The number of ketones is 1. The number of fused-ring (bicyclic) bond motifs is 2. The van der Waals surface area contributed by atoms with Crippen LogP contribution in [-0.4, -0.2) is 43.8 Å². The Bertz CT molecular complexity index is 986. The Balaban J connectivity index is 1.36. The molecule has 2 aliphatic heterocycles. The summed E-state index contributed by atoms with van der Waals surface area (Å²) in [4.78, 5) is 36.3. The highest BCUT2D eigenvalue weighted by molar-refractivity contribution is 6.05. The summed E-state index contributed by atoms with van der Waals surface area (Å²) in [5.41, 5.74) is 0.503. The SMILES string of the molecule is CC(=O)c1cc2c(cc1NC(=O)COC(=O)[C@@H]1COc3ccccc3O1)OCO2. The number of benzene rings is 2. The largest absolute Gasteiger partial charge is 0.485 e. The molecule has 0 saturated carbocycles. The minimum Gasteiger partial charge on any atom is -0.485 e. The summed E-state index contributed by atoms with van der Waals surface area (Å²) in [5.74, 6) is 0.194. The maximum absolute atomic E-state index is 12.2. The smallest absolute Gasteiger partial charge is 0.351 e. The molecule has 1 amide bonds. The van der Waals surface area contributed by atoms with Crippen molar-refractivity contribution in [3.05, 3.63) is 42.0 Å². The van der Waals surface area contributed by atoms with Crippen LogP contribution in [0, 0.1) is 0 Å². The lowest BCUT2D eigenvalue weighted by Crippen LogP contribution is -2.39. The monoisotopic (exact) mass is 399 g/mol. The number of carbonyl (C=O) groups is 3. The molecule has 0 unspecified atom stereocenters. The maximum atomic E-state index is 12.2. The van der Waals surface area contributed by atoms with Gasteiger partial charge in [-0.2, -0.15) is 0 Å². The van der Waals surface area contributed by atoms with E-state index in [9.17, 15) is 14.4 Å². The highest BCUT2D eigenvalue weighted by Crippen LogP contribution is 2.37. The van der Waals surface area contributed by atoms with Gasteiger partial charge in [-0.15, -0.1) is 0 Å². The van der Waals surface area contributed by atoms with E-state index in [2.05, 4.69) is 5.32 Å². The molecule has 1 atom stereocenters. The molecule has 2 aromatic rings. The molecule has 1 N–H and O–H groups in total. The molecule has 0 saturated heterocycles. The van der Waals surface area contributed by atoms with Crippen LogP contribution < -0.4 is 24.3 Å². The van der Waals surface area contributed by atoms with E-state index in [1.165, 1.54) is 19.1 Å². The molecular formula is C20H17NO8. The Hall–Kier alpha value is -3.75. The van der Waals surface area contributed by atoms with E-state index < -0.39 is 24.6 Å². The van der Waals surface area contributed by atoms with Crippen LogP contribution in [0.2, 0.25) is 0 Å². The summed E-state index contributed by atoms with van der Waals surface area (Å²) in [6, 6.07) is 9.93. The zero-order valence-corrected chi connectivity index (χ0v) is 15.4. The number of carbonyl (C=O) groups excluding carboxylic acids is 3. The van der Waals surface area contributed by atoms with Gasteiger partial charge in [-0.1, -0.05) is 12.1 Å². The van der Waals surface area contributed by atoms with Crippen LogP contribution in [0.4, 0.5) is 5.69 Å². The molecule has 0 aromatic heterocycles. The normalized spacial score (nSPS) is 16.1. The van der Waals surface area contributed by atoms with Gasteiger partial charge in [-0.05, 0) is 25.1 Å². The molecule has 0 spiro atoms. The zero-order chi connectivity index (χ0) is 20.4. The molecule has 0 fully saturated rings. The molecule has 29 heavy (non-hydrogen) atoms. The topological polar surface area (TPSA) is 109 Å². The van der Waals surface area contributed by atoms with E-state index in [1.54, 1.807) is 24.3 Å². The summed E-state index contributed by atoms with van der Waals surface area (Å²) in [6.45, 7) is 0.833. The first-order valence-corrected chi connectivity index (χ1v) is 8.81. The van der Waals surface area contributed by atoms with Gasteiger partial charge in [0, 0.05) is 11.6 Å². The van der Waals surface area contributed by atoms with Gasteiger partial charge in [0.25, 0.3) is 5.91 Å². The Kier molecular flexibility index (Phi) is 4.94. The molecule has 2 aliphatic rings. The second-order valence-electron chi connectivity index (χ2n) is 6.33. The van der Waals surface area contributed by atoms with E-state index in [1.807, 2.05) is 0 Å². The first kappa shape index (κ1) is 18.6. The fourth-order valence-electron chi connectivity index (χ4n) is 2.89. The first-order chi connectivity index (χ1) is 14.0. The molecule has 0 aliphatic carbocycles. The number of para-hydroxylation sites is 2. The van der Waals surface area contributed by atoms with Crippen molar-refractivity contribution in [3.8, 4) is 23.0 Å². The number of amides is 1. The van der Waals surface area contributed by atoms with Gasteiger partial charge in [0.15, 0.2) is 35.4 Å². The predicted molar refractivity (Wildman–Crippen MR) is 98.5 cm³/mol. The Morgan fingerprint density at radius 3 is 2.52 bits per heavy atom. The van der Waals surface area contributed by atoms with Crippen molar-refractivity contribution in [1.82, 2.24) is 0 Å². The third-order valence-corrected chi connectivity index (χ3v) is 4.28. The minimum atomic E-state index is -0.976. The van der Waals surface area contributed by atoms with Gasteiger partial charge in [0.2, 0.25) is 12.9 Å². The molecule has 0 radical (unpaired) electrons. The number of anilines is 1. The van der Waals surface area contributed by atoms with Crippen molar-refractivity contribution in [2.45, 2.75) is 13.0 Å². The summed E-state index contributed by atoms with van der Waals surface area (Å²) < 4.78 is 26.5. The molecule has 9 heteroatoms. The van der Waals surface area contributed by atoms with Crippen LogP contribution in [0.3, 0.4) is 0 Å². The molecule has 9 nitrogen and oxygen atoms in total. The Morgan fingerprint density at radius 2 is 1.76 bits per heavy atom. The number of Topliss-reactive ketones (excluding diaryl/α,β-unsaturated/α-hetero) is 1. The Morgan fingerprint density at radius 1 is 1.03 bits per heavy atom. The van der Waals surface area contributed by atoms with Gasteiger partial charge in [0.1, 0.15) is 6.61 Å². The molecular weight excluding hydrogens is 382 g/mol. The van der Waals surface area contributed by atoms with Gasteiger partial charge >= 0.3 is 5.97 Å². The van der Waals surface area contributed by atoms with E-state index in [-0.39, 0.29) is 30.4 Å². The van der Waals surface area contributed by atoms with Crippen LogP contribution in [0.5, 0.6) is 23.0 Å². The minimum absolute atomic E-state index is 0.0197. The van der Waals surface area contributed by atoms with Crippen molar-refractivity contribution in [2.75, 3.05) is 25.3 Å². The third kappa shape index (κ3) is 3.93. The average Bonchev–Trinajstić information content (AvgIpc) is 3.18. The van der Waals surface area contributed by atoms with Crippen molar-refractivity contribution >= 4 is 23.3 Å². The molecule has 4 rings (SSSR count). The number of hydrogen-bond acceptors (Lipinski definition) is 8. The molecule has 2 heterocycles. The number of nitrogens with one attached hydrogen (secondary N) is 1. The van der Waals surface area contributed by atoms with Crippen molar-refractivity contribution in [3.63, 3.8) is 0 Å². The second-order valence-corrected chi connectivity index (χ2v) is 6.33. The summed E-state index contributed by atoms with van der Waals surface area (Å²) >= 11 is 0. The van der Waals surface area contributed by atoms with Gasteiger partial charge < -0.3 is 29.0 Å². The van der Waals surface area contributed by atoms with Gasteiger partial charge in [0.05, 0.1) is 5.69 Å². The predicted octanol–water partition coefficient (Wildman–Crippen LogP) is 1.94. The lowest BCUT2D eigenvalue weighted by atomic mass is 10.1. The third-order valence-electron chi connectivity index (χ3n) is 4.28. The van der Waals surface area contributed by atoms with E-state index in [4.69, 9.17) is 23.7 Å². The summed E-state index contributed by atoms with van der Waals surface area (Å²) in [6.07, 6.45) is -0.976. The first-order valence-electron chi connectivity index (χ1n) is 8.81. The quantitative estimate of drug-likeness (QED) is 0.600. The fourth-order valence-corrected chi connectivity index (χ4v) is 2.89. The highest BCUT2D eigenvalue weighted by Gasteiger charge is 2.29. The fraction of sp³-hybridized carbons (Fsp3) is 0.250. The van der Waals surface area contributed by atoms with Crippen molar-refractivity contribution in [2.24, 2.45) is 0 Å². The van der Waals surface area contributed by atoms with Gasteiger partial charge in [-0.25, -0.2) is 4.79 Å². The van der Waals surface area contributed by atoms with Crippen molar-refractivity contribution < 1.29 is 38.1 Å². The molecule has 2 aromatic carbocycles. The standard InChI is InChI=1S/C20H17NO8/c1-11(22)12-6-16-17(28-10-27-16)7-13(12)21-19(23)9-26-20(24)18-8-25-14-4-2-3-5-15(14)29-18/h2-7,18H,8-10H2,1H3,(H,21,23)/t18-/m0/s1. The zero-order valence-electron chi connectivity index (χ0n) is 15.4. The van der Waals surface area contributed by atoms with Crippen LogP contribution >= 0.6 is 0 Å². The van der Waals surface area contributed by atoms with E-state index in [0.717, 1.165) is 0 Å². The lowest BCUT2D eigenvalue weighted by molar-refractivity contribution is -0.156. The average molecular weight is 399 g/mol. The van der Waals surface area contributed by atoms with Crippen LogP contribution in [0.15, 0.2) is 36.4 Å². The number of hydrogen-bond donors (Lipinski definition) is 1. The van der Waals surface area contributed by atoms with Crippen LogP contribution in [-0.2, 0) is 14.3 Å². The van der Waals surface area contributed by atoms with Crippen molar-refractivity contribution in [1.29, 1.82) is 0 Å². The van der Waals surface area contributed by atoms with E-state index >= 15 is 0 Å². The van der Waals surface area contributed by atoms with Crippen LogP contribution in [0.25, 0.3) is 0 Å².